The fourth-order valence-corrected chi connectivity index (χ4v) is 3.55. The van der Waals surface area contributed by atoms with Crippen LogP contribution in [-0.4, -0.2) is 24.4 Å². The van der Waals surface area contributed by atoms with Crippen molar-refractivity contribution < 1.29 is 18.0 Å². The summed E-state index contributed by atoms with van der Waals surface area (Å²) in [7, 11) is 1.80. The van der Waals surface area contributed by atoms with Crippen LogP contribution in [0.2, 0.25) is 5.02 Å². The molecular formula is C19H18ClF3N2O. The molecule has 1 N–H and O–H groups in total. The van der Waals surface area contributed by atoms with Crippen LogP contribution in [0.25, 0.3) is 0 Å². The van der Waals surface area contributed by atoms with E-state index in [1.807, 2.05) is 23.1 Å². The van der Waals surface area contributed by atoms with Crippen molar-refractivity contribution in [1.82, 2.24) is 4.90 Å². The van der Waals surface area contributed by atoms with Crippen LogP contribution in [0.5, 0.6) is 0 Å². The number of halogens is 4. The highest BCUT2D eigenvalue weighted by Gasteiger charge is 2.34. The van der Waals surface area contributed by atoms with E-state index in [-0.39, 0.29) is 23.3 Å². The van der Waals surface area contributed by atoms with Gasteiger partial charge in [-0.25, -0.2) is 0 Å². The minimum Gasteiger partial charge on any atom is -0.324 e. The number of rotatable bonds is 4. The molecule has 0 fully saturated rings. The lowest BCUT2D eigenvalue weighted by Gasteiger charge is -2.25. The second-order valence-corrected chi connectivity index (χ2v) is 6.84. The molecular weight excluding hydrogens is 365 g/mol. The Morgan fingerprint density at radius 1 is 1.27 bits per heavy atom. The molecule has 26 heavy (non-hydrogen) atoms. The number of aryl methyl sites for hydroxylation is 1. The Labute approximate surface area is 154 Å². The Hall–Kier alpha value is -2.05. The highest BCUT2D eigenvalue weighted by Crippen LogP contribution is 2.37. The van der Waals surface area contributed by atoms with Crippen molar-refractivity contribution in [3.05, 3.63) is 64.2 Å². The molecule has 2 aromatic rings. The SMILES string of the molecule is CN(CC(=O)Nc1ccc(Cl)cc1C(F)(F)F)[C@@H]1CCc2ccccc21. The largest absolute Gasteiger partial charge is 0.418 e. The Bertz CT molecular complexity index is 823. The van der Waals surface area contributed by atoms with Crippen molar-refractivity contribution >= 4 is 23.2 Å². The van der Waals surface area contributed by atoms with Gasteiger partial charge in [0.2, 0.25) is 5.91 Å². The van der Waals surface area contributed by atoms with Crippen LogP contribution in [0, 0.1) is 0 Å². The van der Waals surface area contributed by atoms with E-state index >= 15 is 0 Å². The van der Waals surface area contributed by atoms with E-state index in [9.17, 15) is 18.0 Å². The van der Waals surface area contributed by atoms with Gasteiger partial charge in [0.1, 0.15) is 0 Å². The fraction of sp³-hybridized carbons (Fsp3) is 0.316. The Kier molecular flexibility index (Phi) is 5.25. The number of carbonyl (C=O) groups excluding carboxylic acids is 1. The summed E-state index contributed by atoms with van der Waals surface area (Å²) in [6.45, 7) is -0.00107. The molecule has 1 aliphatic carbocycles. The molecule has 1 amide bonds. The third-order valence-electron chi connectivity index (χ3n) is 4.59. The number of hydrogen-bond donors (Lipinski definition) is 1. The number of hydrogen-bond acceptors (Lipinski definition) is 2. The molecule has 2 aromatic carbocycles. The average Bonchev–Trinajstić information content (AvgIpc) is 2.99. The van der Waals surface area contributed by atoms with Crippen molar-refractivity contribution in [3.8, 4) is 0 Å². The normalized spacial score (nSPS) is 16.6. The number of nitrogens with zero attached hydrogens (tertiary/aromatic N) is 1. The zero-order chi connectivity index (χ0) is 18.9. The second-order valence-electron chi connectivity index (χ2n) is 6.40. The number of alkyl halides is 3. The summed E-state index contributed by atoms with van der Waals surface area (Å²) in [5.74, 6) is -0.496. The van der Waals surface area contributed by atoms with Gasteiger partial charge in [-0.2, -0.15) is 13.2 Å². The first-order valence-electron chi connectivity index (χ1n) is 8.20. The molecule has 0 aliphatic heterocycles. The maximum Gasteiger partial charge on any atom is 0.418 e. The Morgan fingerprint density at radius 3 is 2.73 bits per heavy atom. The summed E-state index contributed by atoms with van der Waals surface area (Å²) in [5.41, 5.74) is 1.19. The summed E-state index contributed by atoms with van der Waals surface area (Å²) >= 11 is 5.66. The molecule has 7 heteroatoms. The quantitative estimate of drug-likeness (QED) is 0.814. The average molecular weight is 383 g/mol. The second kappa shape index (κ2) is 7.29. The Balaban J connectivity index is 1.70. The lowest BCUT2D eigenvalue weighted by atomic mass is 10.1. The number of carbonyl (C=O) groups is 1. The topological polar surface area (TPSA) is 32.3 Å². The van der Waals surface area contributed by atoms with Gasteiger partial charge in [0.25, 0.3) is 0 Å². The van der Waals surface area contributed by atoms with Crippen molar-refractivity contribution in [2.24, 2.45) is 0 Å². The van der Waals surface area contributed by atoms with Crippen molar-refractivity contribution in [1.29, 1.82) is 0 Å². The Morgan fingerprint density at radius 2 is 2.00 bits per heavy atom. The molecule has 0 saturated heterocycles. The van der Waals surface area contributed by atoms with Crippen LogP contribution < -0.4 is 5.32 Å². The summed E-state index contributed by atoms with van der Waals surface area (Å²) in [5, 5.41) is 2.33. The van der Waals surface area contributed by atoms with Crippen LogP contribution in [0.4, 0.5) is 18.9 Å². The summed E-state index contributed by atoms with van der Waals surface area (Å²) < 4.78 is 39.4. The zero-order valence-corrected chi connectivity index (χ0v) is 14.9. The smallest absolute Gasteiger partial charge is 0.324 e. The van der Waals surface area contributed by atoms with E-state index in [2.05, 4.69) is 11.4 Å². The van der Waals surface area contributed by atoms with Gasteiger partial charge in [0, 0.05) is 11.1 Å². The van der Waals surface area contributed by atoms with Crippen molar-refractivity contribution in [2.75, 3.05) is 18.9 Å². The molecule has 0 saturated carbocycles. The lowest BCUT2D eigenvalue weighted by Crippen LogP contribution is -2.33. The molecule has 0 radical (unpaired) electrons. The molecule has 0 unspecified atom stereocenters. The fourth-order valence-electron chi connectivity index (χ4n) is 3.38. The van der Waals surface area contributed by atoms with E-state index in [1.54, 1.807) is 7.05 Å². The van der Waals surface area contributed by atoms with Crippen molar-refractivity contribution in [3.63, 3.8) is 0 Å². The zero-order valence-electron chi connectivity index (χ0n) is 14.1. The number of amides is 1. The number of likely N-dealkylation sites (N-methyl/N-ethyl adjacent to an activating group) is 1. The molecule has 0 aromatic heterocycles. The van der Waals surface area contributed by atoms with Gasteiger partial charge in [0.15, 0.2) is 0 Å². The molecule has 1 atom stereocenters. The summed E-state index contributed by atoms with van der Waals surface area (Å²) in [6, 6.07) is 11.4. The molecule has 138 valence electrons. The van der Waals surface area contributed by atoms with E-state index in [0.717, 1.165) is 18.9 Å². The van der Waals surface area contributed by atoms with Gasteiger partial charge in [-0.3, -0.25) is 9.69 Å². The number of fused-ring (bicyclic) bond motifs is 1. The molecule has 0 bridgehead atoms. The van der Waals surface area contributed by atoms with E-state index in [4.69, 9.17) is 11.6 Å². The van der Waals surface area contributed by atoms with Crippen LogP contribution in [0.15, 0.2) is 42.5 Å². The van der Waals surface area contributed by atoms with Crippen LogP contribution in [0.3, 0.4) is 0 Å². The van der Waals surface area contributed by atoms with Gasteiger partial charge < -0.3 is 5.32 Å². The number of benzene rings is 2. The predicted octanol–water partition coefficient (Wildman–Crippen LogP) is 4.92. The maximum atomic E-state index is 13.1. The van der Waals surface area contributed by atoms with Gasteiger partial charge in [0.05, 0.1) is 17.8 Å². The standard InChI is InChI=1S/C19H18ClF3N2O/c1-25(17-9-6-12-4-2-3-5-14(12)17)11-18(26)24-16-8-7-13(20)10-15(16)19(21,22)23/h2-5,7-8,10,17H,6,9,11H2,1H3,(H,24,26)/t17-/m1/s1. The molecule has 3 rings (SSSR count). The summed E-state index contributed by atoms with van der Waals surface area (Å²) in [6.07, 6.45) is -2.77. The molecule has 1 aliphatic rings. The van der Waals surface area contributed by atoms with Crippen LogP contribution >= 0.6 is 11.6 Å². The van der Waals surface area contributed by atoms with Crippen LogP contribution in [0.1, 0.15) is 29.2 Å². The number of nitrogens with one attached hydrogen (secondary N) is 1. The monoisotopic (exact) mass is 382 g/mol. The van der Waals surface area contributed by atoms with Gasteiger partial charge >= 0.3 is 6.18 Å². The third-order valence-corrected chi connectivity index (χ3v) is 4.82. The third kappa shape index (κ3) is 4.02. The first-order valence-corrected chi connectivity index (χ1v) is 8.58. The van der Waals surface area contributed by atoms with Gasteiger partial charge in [-0.1, -0.05) is 35.9 Å². The highest BCUT2D eigenvalue weighted by molar-refractivity contribution is 6.30. The highest BCUT2D eigenvalue weighted by atomic mass is 35.5. The van der Waals surface area contributed by atoms with Gasteiger partial charge in [-0.05, 0) is 49.2 Å². The molecule has 3 nitrogen and oxygen atoms in total. The first kappa shape index (κ1) is 18.7. The first-order chi connectivity index (χ1) is 12.3. The maximum absolute atomic E-state index is 13.1. The predicted molar refractivity (Wildman–Crippen MR) is 95.2 cm³/mol. The minimum absolute atomic E-state index is 0.00107. The van der Waals surface area contributed by atoms with E-state index < -0.39 is 17.6 Å². The minimum atomic E-state index is -4.59. The van der Waals surface area contributed by atoms with E-state index in [1.165, 1.54) is 23.3 Å². The van der Waals surface area contributed by atoms with E-state index in [0.29, 0.717) is 0 Å². The lowest BCUT2D eigenvalue weighted by molar-refractivity contribution is -0.137. The molecule has 0 heterocycles. The summed E-state index contributed by atoms with van der Waals surface area (Å²) in [4.78, 5) is 14.2. The van der Waals surface area contributed by atoms with Crippen LogP contribution in [-0.2, 0) is 17.4 Å². The number of anilines is 1. The van der Waals surface area contributed by atoms with Crippen molar-refractivity contribution in [2.45, 2.75) is 25.1 Å². The van der Waals surface area contributed by atoms with Gasteiger partial charge in [-0.15, -0.1) is 0 Å². The molecule has 0 spiro atoms.